The molecule has 4 heterocycles. The standard InChI is InChI=1S/C21H22N6O3/c28-18(22-11-15-4-3-9-30-15)13-27-19(29)10-14-5-6-17-16(20(14)25-27)12-23-21(24-17)26-7-1-2-8-26/h3-4,9-10,12H,1-2,5-8,11,13H2,(H,22,28). The van der Waals surface area contributed by atoms with Gasteiger partial charge < -0.3 is 14.6 Å². The van der Waals surface area contributed by atoms with Gasteiger partial charge in [-0.1, -0.05) is 0 Å². The van der Waals surface area contributed by atoms with Crippen molar-refractivity contribution in [2.24, 2.45) is 0 Å². The topological polar surface area (TPSA) is 106 Å². The number of aryl methyl sites for hydroxylation is 2. The highest BCUT2D eigenvalue weighted by Gasteiger charge is 2.24. The molecular formula is C21H22N6O3. The molecule has 0 aromatic carbocycles. The first-order valence-corrected chi connectivity index (χ1v) is 10.2. The summed E-state index contributed by atoms with van der Waals surface area (Å²) in [6.07, 6.45) is 7.13. The fourth-order valence-electron chi connectivity index (χ4n) is 3.97. The van der Waals surface area contributed by atoms with E-state index in [0.29, 0.717) is 17.9 Å². The number of fused-ring (bicyclic) bond motifs is 3. The first-order valence-electron chi connectivity index (χ1n) is 10.2. The molecule has 9 nitrogen and oxygen atoms in total. The number of carbonyl (C=O) groups is 1. The van der Waals surface area contributed by atoms with Crippen molar-refractivity contribution in [2.45, 2.75) is 38.8 Å². The lowest BCUT2D eigenvalue weighted by Crippen LogP contribution is -2.34. The number of rotatable bonds is 5. The molecule has 0 radical (unpaired) electrons. The summed E-state index contributed by atoms with van der Waals surface area (Å²) < 4.78 is 6.40. The Morgan fingerprint density at radius 2 is 2.10 bits per heavy atom. The number of carbonyl (C=O) groups excluding carboxylic acids is 1. The molecule has 1 N–H and O–H groups in total. The van der Waals surface area contributed by atoms with E-state index in [4.69, 9.17) is 9.40 Å². The second-order valence-electron chi connectivity index (χ2n) is 7.59. The zero-order chi connectivity index (χ0) is 20.5. The van der Waals surface area contributed by atoms with E-state index in [0.717, 1.165) is 42.3 Å². The predicted octanol–water partition coefficient (Wildman–Crippen LogP) is 1.31. The molecule has 5 rings (SSSR count). The van der Waals surface area contributed by atoms with Gasteiger partial charge in [0.15, 0.2) is 0 Å². The summed E-state index contributed by atoms with van der Waals surface area (Å²) in [5.41, 5.74) is 3.04. The molecule has 0 atom stereocenters. The van der Waals surface area contributed by atoms with E-state index in [2.05, 4.69) is 20.3 Å². The molecule has 1 saturated heterocycles. The average molecular weight is 406 g/mol. The largest absolute Gasteiger partial charge is 0.467 e. The minimum atomic E-state index is -0.308. The molecule has 0 bridgehead atoms. The summed E-state index contributed by atoms with van der Waals surface area (Å²) in [6.45, 7) is 2.08. The van der Waals surface area contributed by atoms with Crippen LogP contribution < -0.4 is 15.8 Å². The van der Waals surface area contributed by atoms with Gasteiger partial charge in [0.05, 0.1) is 24.2 Å². The molecule has 3 aromatic heterocycles. The van der Waals surface area contributed by atoms with Crippen molar-refractivity contribution in [1.29, 1.82) is 0 Å². The van der Waals surface area contributed by atoms with E-state index in [1.165, 1.54) is 17.5 Å². The molecule has 2 aliphatic rings. The third-order valence-corrected chi connectivity index (χ3v) is 5.54. The first kappa shape index (κ1) is 18.5. The van der Waals surface area contributed by atoms with Gasteiger partial charge >= 0.3 is 0 Å². The Bertz CT molecular complexity index is 1130. The van der Waals surface area contributed by atoms with Gasteiger partial charge in [-0.15, -0.1) is 0 Å². The molecule has 1 fully saturated rings. The Morgan fingerprint density at radius 1 is 1.23 bits per heavy atom. The van der Waals surface area contributed by atoms with Crippen LogP contribution in [0.4, 0.5) is 5.95 Å². The zero-order valence-corrected chi connectivity index (χ0v) is 16.5. The smallest absolute Gasteiger partial charge is 0.267 e. The van der Waals surface area contributed by atoms with Crippen LogP contribution in [0.5, 0.6) is 0 Å². The number of hydrogen-bond donors (Lipinski definition) is 1. The van der Waals surface area contributed by atoms with Gasteiger partial charge in [-0.05, 0) is 43.4 Å². The molecule has 3 aromatic rings. The maximum atomic E-state index is 12.5. The predicted molar refractivity (Wildman–Crippen MR) is 109 cm³/mol. The molecule has 1 aliphatic carbocycles. The van der Waals surface area contributed by atoms with Gasteiger partial charge in [0.25, 0.3) is 5.56 Å². The fourth-order valence-corrected chi connectivity index (χ4v) is 3.97. The highest BCUT2D eigenvalue weighted by Crippen LogP contribution is 2.30. The quantitative estimate of drug-likeness (QED) is 0.681. The van der Waals surface area contributed by atoms with Crippen molar-refractivity contribution in [2.75, 3.05) is 18.0 Å². The lowest BCUT2D eigenvalue weighted by atomic mass is 9.94. The van der Waals surface area contributed by atoms with Crippen LogP contribution in [0.2, 0.25) is 0 Å². The Kier molecular flexibility index (Phi) is 4.78. The molecule has 0 unspecified atom stereocenters. The summed E-state index contributed by atoms with van der Waals surface area (Å²) in [4.78, 5) is 36.3. The number of anilines is 1. The normalized spacial score (nSPS) is 15.0. The van der Waals surface area contributed by atoms with Crippen molar-refractivity contribution in [1.82, 2.24) is 25.1 Å². The Labute approximate surface area is 172 Å². The van der Waals surface area contributed by atoms with E-state index in [9.17, 15) is 9.59 Å². The Morgan fingerprint density at radius 3 is 2.90 bits per heavy atom. The fraction of sp³-hybridized carbons (Fsp3) is 0.381. The van der Waals surface area contributed by atoms with Crippen molar-refractivity contribution >= 4 is 11.9 Å². The third-order valence-electron chi connectivity index (χ3n) is 5.54. The van der Waals surface area contributed by atoms with Crippen LogP contribution in [-0.4, -0.2) is 38.7 Å². The lowest BCUT2D eigenvalue weighted by molar-refractivity contribution is -0.122. The molecule has 0 saturated carbocycles. The number of amides is 1. The highest BCUT2D eigenvalue weighted by molar-refractivity contribution is 5.75. The Hall–Kier alpha value is -3.49. The second-order valence-corrected chi connectivity index (χ2v) is 7.59. The van der Waals surface area contributed by atoms with Crippen LogP contribution in [0.1, 0.15) is 29.9 Å². The molecule has 1 amide bonds. The van der Waals surface area contributed by atoms with Crippen LogP contribution in [0.15, 0.2) is 39.9 Å². The van der Waals surface area contributed by atoms with Crippen LogP contribution in [0, 0.1) is 0 Å². The van der Waals surface area contributed by atoms with Crippen molar-refractivity contribution in [3.8, 4) is 11.3 Å². The van der Waals surface area contributed by atoms with Crippen molar-refractivity contribution in [3.05, 3.63) is 58.0 Å². The number of furan rings is 1. The van der Waals surface area contributed by atoms with Crippen LogP contribution in [0.3, 0.4) is 0 Å². The van der Waals surface area contributed by atoms with Crippen molar-refractivity contribution in [3.63, 3.8) is 0 Å². The maximum Gasteiger partial charge on any atom is 0.267 e. The van der Waals surface area contributed by atoms with Gasteiger partial charge in [-0.25, -0.2) is 14.6 Å². The summed E-state index contributed by atoms with van der Waals surface area (Å²) >= 11 is 0. The molecule has 30 heavy (non-hydrogen) atoms. The number of hydrogen-bond acceptors (Lipinski definition) is 7. The molecule has 9 heteroatoms. The van der Waals surface area contributed by atoms with Crippen LogP contribution in [0.25, 0.3) is 11.3 Å². The molecular weight excluding hydrogens is 384 g/mol. The van der Waals surface area contributed by atoms with Crippen LogP contribution >= 0.6 is 0 Å². The number of nitrogens with zero attached hydrogens (tertiary/aromatic N) is 5. The second kappa shape index (κ2) is 7.74. The van der Waals surface area contributed by atoms with Gasteiger partial charge in [0.1, 0.15) is 12.3 Å². The van der Waals surface area contributed by atoms with E-state index in [1.54, 1.807) is 30.7 Å². The van der Waals surface area contributed by atoms with Crippen molar-refractivity contribution < 1.29 is 9.21 Å². The molecule has 154 valence electrons. The zero-order valence-electron chi connectivity index (χ0n) is 16.5. The third kappa shape index (κ3) is 3.58. The van der Waals surface area contributed by atoms with Gasteiger partial charge in [-0.3, -0.25) is 9.59 Å². The van der Waals surface area contributed by atoms with Crippen LogP contribution in [-0.2, 0) is 30.7 Å². The molecule has 0 spiro atoms. The van der Waals surface area contributed by atoms with E-state index >= 15 is 0 Å². The average Bonchev–Trinajstić information content (AvgIpc) is 3.47. The monoisotopic (exact) mass is 406 g/mol. The highest BCUT2D eigenvalue weighted by atomic mass is 16.3. The van der Waals surface area contributed by atoms with Gasteiger partial charge in [-0.2, -0.15) is 5.10 Å². The summed E-state index contributed by atoms with van der Waals surface area (Å²) in [6, 6.07) is 5.10. The van der Waals surface area contributed by atoms with Gasteiger partial charge in [0.2, 0.25) is 11.9 Å². The summed E-state index contributed by atoms with van der Waals surface area (Å²) in [7, 11) is 0. The number of aromatic nitrogens is 4. The maximum absolute atomic E-state index is 12.5. The summed E-state index contributed by atoms with van der Waals surface area (Å²) in [5, 5.41) is 7.23. The summed E-state index contributed by atoms with van der Waals surface area (Å²) in [5.74, 6) is 1.10. The van der Waals surface area contributed by atoms with E-state index in [-0.39, 0.29) is 24.6 Å². The van der Waals surface area contributed by atoms with E-state index < -0.39 is 0 Å². The minimum absolute atomic E-state index is 0.158. The number of nitrogens with one attached hydrogen (secondary N) is 1. The SMILES string of the molecule is O=C(Cn1nc2c(cc1=O)CCc1nc(N3CCCC3)ncc1-2)NCc1ccco1. The lowest BCUT2D eigenvalue weighted by Gasteiger charge is -2.21. The minimum Gasteiger partial charge on any atom is -0.467 e. The van der Waals surface area contributed by atoms with Gasteiger partial charge in [0, 0.05) is 30.9 Å². The molecule has 1 aliphatic heterocycles. The van der Waals surface area contributed by atoms with E-state index in [1.807, 2.05) is 0 Å². The Balaban J connectivity index is 1.38. The first-order chi connectivity index (χ1) is 14.7.